The number of hydrogen-bond donors (Lipinski definition) is 1. The molecule has 0 aliphatic heterocycles. The summed E-state index contributed by atoms with van der Waals surface area (Å²) in [5.41, 5.74) is 1.00. The lowest BCUT2D eigenvalue weighted by atomic mass is 10.1. The first-order chi connectivity index (χ1) is 7.67. The van der Waals surface area contributed by atoms with Gasteiger partial charge in [-0.25, -0.2) is 0 Å². The standard InChI is InChI=1S/C13H24N2O/c1-4-6-7-13(16)10-12-8-9-15(14-12)11(3)5-2/h8-9,11,13,16H,4-7,10H2,1-3H3. The van der Waals surface area contributed by atoms with Gasteiger partial charge in [-0.15, -0.1) is 0 Å². The first kappa shape index (κ1) is 13.2. The fraction of sp³-hybridized carbons (Fsp3) is 0.769. The number of hydrogen-bond acceptors (Lipinski definition) is 2. The number of aliphatic hydroxyl groups is 1. The van der Waals surface area contributed by atoms with Gasteiger partial charge < -0.3 is 5.11 Å². The molecule has 1 aromatic rings. The average Bonchev–Trinajstić information content (AvgIpc) is 2.73. The molecule has 1 aromatic heterocycles. The molecule has 1 heterocycles. The van der Waals surface area contributed by atoms with E-state index in [1.54, 1.807) is 0 Å². The molecule has 0 saturated carbocycles. The molecule has 3 heteroatoms. The normalized spacial score (nSPS) is 15.0. The van der Waals surface area contributed by atoms with Gasteiger partial charge in [0.25, 0.3) is 0 Å². The quantitative estimate of drug-likeness (QED) is 0.773. The number of aromatic nitrogens is 2. The van der Waals surface area contributed by atoms with E-state index in [1.807, 2.05) is 16.9 Å². The number of nitrogens with zero attached hydrogens (tertiary/aromatic N) is 2. The van der Waals surface area contributed by atoms with E-state index in [4.69, 9.17) is 0 Å². The van der Waals surface area contributed by atoms with Crippen LogP contribution < -0.4 is 0 Å². The third-order valence-electron chi connectivity index (χ3n) is 3.04. The van der Waals surface area contributed by atoms with Crippen LogP contribution in [0.5, 0.6) is 0 Å². The van der Waals surface area contributed by atoms with Crippen molar-refractivity contribution in [2.24, 2.45) is 0 Å². The molecule has 0 radical (unpaired) electrons. The number of aliphatic hydroxyl groups excluding tert-OH is 1. The molecule has 3 nitrogen and oxygen atoms in total. The summed E-state index contributed by atoms with van der Waals surface area (Å²) in [6.45, 7) is 6.46. The summed E-state index contributed by atoms with van der Waals surface area (Å²) in [5, 5.41) is 14.3. The maximum Gasteiger partial charge on any atom is 0.0650 e. The molecule has 0 amide bonds. The van der Waals surface area contributed by atoms with Gasteiger partial charge in [-0.05, 0) is 25.8 Å². The minimum atomic E-state index is -0.236. The van der Waals surface area contributed by atoms with E-state index in [9.17, 15) is 5.11 Å². The fourth-order valence-corrected chi connectivity index (χ4v) is 1.70. The molecule has 16 heavy (non-hydrogen) atoms. The molecule has 0 aromatic carbocycles. The predicted molar refractivity (Wildman–Crippen MR) is 66.5 cm³/mol. The predicted octanol–water partition coefficient (Wildman–Crippen LogP) is 2.95. The zero-order valence-electron chi connectivity index (χ0n) is 10.7. The third-order valence-corrected chi connectivity index (χ3v) is 3.04. The van der Waals surface area contributed by atoms with E-state index in [-0.39, 0.29) is 6.10 Å². The van der Waals surface area contributed by atoms with Crippen LogP contribution in [0.15, 0.2) is 12.3 Å². The van der Waals surface area contributed by atoms with Crippen molar-refractivity contribution in [2.75, 3.05) is 0 Å². The van der Waals surface area contributed by atoms with Crippen LogP contribution in [-0.4, -0.2) is 21.0 Å². The number of unbranched alkanes of at least 4 members (excludes halogenated alkanes) is 1. The molecule has 1 rings (SSSR count). The molecule has 2 atom stereocenters. The molecule has 0 aliphatic carbocycles. The molecule has 0 aliphatic rings. The Morgan fingerprint density at radius 2 is 2.19 bits per heavy atom. The molecule has 92 valence electrons. The summed E-state index contributed by atoms with van der Waals surface area (Å²) < 4.78 is 1.99. The van der Waals surface area contributed by atoms with Crippen molar-refractivity contribution in [1.82, 2.24) is 9.78 Å². The van der Waals surface area contributed by atoms with Crippen LogP contribution >= 0.6 is 0 Å². The monoisotopic (exact) mass is 224 g/mol. The largest absolute Gasteiger partial charge is 0.393 e. The maximum atomic E-state index is 9.79. The van der Waals surface area contributed by atoms with Gasteiger partial charge in [-0.1, -0.05) is 26.7 Å². The van der Waals surface area contributed by atoms with Crippen LogP contribution in [0.2, 0.25) is 0 Å². The smallest absolute Gasteiger partial charge is 0.0650 e. The van der Waals surface area contributed by atoms with Crippen LogP contribution in [0, 0.1) is 0 Å². The summed E-state index contributed by atoms with van der Waals surface area (Å²) in [6, 6.07) is 2.46. The van der Waals surface area contributed by atoms with Crippen LogP contribution in [-0.2, 0) is 6.42 Å². The molecule has 0 spiro atoms. The second-order valence-electron chi connectivity index (χ2n) is 4.54. The Bertz CT molecular complexity index is 296. The van der Waals surface area contributed by atoms with E-state index >= 15 is 0 Å². The lowest BCUT2D eigenvalue weighted by Gasteiger charge is -2.09. The van der Waals surface area contributed by atoms with Gasteiger partial charge in [0.05, 0.1) is 11.8 Å². The Hall–Kier alpha value is -0.830. The second-order valence-corrected chi connectivity index (χ2v) is 4.54. The minimum Gasteiger partial charge on any atom is -0.393 e. The Balaban J connectivity index is 2.45. The van der Waals surface area contributed by atoms with E-state index in [0.717, 1.165) is 31.4 Å². The highest BCUT2D eigenvalue weighted by atomic mass is 16.3. The van der Waals surface area contributed by atoms with Crippen molar-refractivity contribution in [3.05, 3.63) is 18.0 Å². The van der Waals surface area contributed by atoms with Crippen LogP contribution in [0.4, 0.5) is 0 Å². The topological polar surface area (TPSA) is 38.0 Å². The molecule has 0 fully saturated rings. The third kappa shape index (κ3) is 3.97. The Labute approximate surface area is 98.5 Å². The van der Waals surface area contributed by atoms with Gasteiger partial charge >= 0.3 is 0 Å². The molecular formula is C13H24N2O. The Morgan fingerprint density at radius 3 is 2.81 bits per heavy atom. The van der Waals surface area contributed by atoms with Crippen LogP contribution in [0.3, 0.4) is 0 Å². The van der Waals surface area contributed by atoms with Crippen molar-refractivity contribution in [1.29, 1.82) is 0 Å². The molecule has 0 bridgehead atoms. The SMILES string of the molecule is CCCCC(O)Cc1ccn(C(C)CC)n1. The number of rotatable bonds is 7. The van der Waals surface area contributed by atoms with E-state index in [0.29, 0.717) is 12.5 Å². The summed E-state index contributed by atoms with van der Waals surface area (Å²) in [7, 11) is 0. The van der Waals surface area contributed by atoms with E-state index in [1.165, 1.54) is 0 Å². The Kier molecular flexibility index (Phi) is 5.53. The highest BCUT2D eigenvalue weighted by molar-refractivity contribution is 5.01. The first-order valence-electron chi connectivity index (χ1n) is 6.39. The summed E-state index contributed by atoms with van der Waals surface area (Å²) >= 11 is 0. The zero-order chi connectivity index (χ0) is 12.0. The molecule has 1 N–H and O–H groups in total. The highest BCUT2D eigenvalue weighted by Gasteiger charge is 2.09. The summed E-state index contributed by atoms with van der Waals surface area (Å²) in [4.78, 5) is 0. The average molecular weight is 224 g/mol. The van der Waals surface area contributed by atoms with E-state index in [2.05, 4.69) is 25.9 Å². The van der Waals surface area contributed by atoms with Crippen LogP contribution in [0.1, 0.15) is 58.2 Å². The lowest BCUT2D eigenvalue weighted by molar-refractivity contribution is 0.160. The lowest BCUT2D eigenvalue weighted by Crippen LogP contribution is -2.11. The molecular weight excluding hydrogens is 200 g/mol. The van der Waals surface area contributed by atoms with Gasteiger partial charge in [-0.2, -0.15) is 5.10 Å². The second kappa shape index (κ2) is 6.69. The fourth-order valence-electron chi connectivity index (χ4n) is 1.70. The van der Waals surface area contributed by atoms with Gasteiger partial charge in [0.1, 0.15) is 0 Å². The van der Waals surface area contributed by atoms with Gasteiger partial charge in [0.15, 0.2) is 0 Å². The van der Waals surface area contributed by atoms with Crippen molar-refractivity contribution in [3.63, 3.8) is 0 Å². The molecule has 2 unspecified atom stereocenters. The van der Waals surface area contributed by atoms with Gasteiger partial charge in [-0.3, -0.25) is 4.68 Å². The summed E-state index contributed by atoms with van der Waals surface area (Å²) in [6.07, 6.45) is 6.65. The molecule has 0 saturated heterocycles. The van der Waals surface area contributed by atoms with Crippen molar-refractivity contribution in [2.45, 2.75) is 65.0 Å². The van der Waals surface area contributed by atoms with Gasteiger partial charge in [0, 0.05) is 18.7 Å². The Morgan fingerprint density at radius 1 is 1.44 bits per heavy atom. The van der Waals surface area contributed by atoms with Gasteiger partial charge in [0.2, 0.25) is 0 Å². The van der Waals surface area contributed by atoms with Crippen molar-refractivity contribution >= 4 is 0 Å². The van der Waals surface area contributed by atoms with Crippen molar-refractivity contribution < 1.29 is 5.11 Å². The van der Waals surface area contributed by atoms with Crippen molar-refractivity contribution in [3.8, 4) is 0 Å². The first-order valence-corrected chi connectivity index (χ1v) is 6.39. The van der Waals surface area contributed by atoms with E-state index < -0.39 is 0 Å². The minimum absolute atomic E-state index is 0.236. The zero-order valence-corrected chi connectivity index (χ0v) is 10.7. The maximum absolute atomic E-state index is 9.79. The summed E-state index contributed by atoms with van der Waals surface area (Å²) in [5.74, 6) is 0. The highest BCUT2D eigenvalue weighted by Crippen LogP contribution is 2.11. The van der Waals surface area contributed by atoms with Crippen LogP contribution in [0.25, 0.3) is 0 Å².